The van der Waals surface area contributed by atoms with Crippen molar-refractivity contribution in [2.45, 2.75) is 24.3 Å². The van der Waals surface area contributed by atoms with E-state index in [0.29, 0.717) is 17.9 Å². The molecule has 1 aromatic heterocycles. The van der Waals surface area contributed by atoms with Crippen LogP contribution in [0.1, 0.15) is 18.9 Å². The van der Waals surface area contributed by atoms with Gasteiger partial charge in [0.2, 0.25) is 0 Å². The molecular weight excluding hydrogens is 358 g/mol. The summed E-state index contributed by atoms with van der Waals surface area (Å²) in [6, 6.07) is 15.7. The number of aliphatic hydroxyl groups is 1. The van der Waals surface area contributed by atoms with E-state index in [2.05, 4.69) is 22.0 Å². The van der Waals surface area contributed by atoms with Gasteiger partial charge >= 0.3 is 0 Å². The lowest BCUT2D eigenvalue weighted by atomic mass is 10.1. The molecule has 5 nitrogen and oxygen atoms in total. The number of nitriles is 1. The number of aromatic amines is 1. The zero-order valence-electron chi connectivity index (χ0n) is 15.1. The van der Waals surface area contributed by atoms with E-state index in [1.54, 1.807) is 6.07 Å². The summed E-state index contributed by atoms with van der Waals surface area (Å²) in [6.07, 6.45) is 0.434. The highest BCUT2D eigenvalue weighted by Crippen LogP contribution is 2.36. The Bertz CT molecular complexity index is 1070. The third-order valence-corrected chi connectivity index (χ3v) is 6.34. The van der Waals surface area contributed by atoms with Crippen LogP contribution in [0.5, 0.6) is 0 Å². The number of anilines is 1. The zero-order chi connectivity index (χ0) is 19.0. The second kappa shape index (κ2) is 7.18. The predicted octanol–water partition coefficient (Wildman–Crippen LogP) is 3.41. The number of rotatable bonds is 4. The molecule has 2 aromatic carbocycles. The minimum atomic E-state index is -1.04. The minimum absolute atomic E-state index is 0.316. The molecular formula is C21H21N3O2S. The van der Waals surface area contributed by atoms with Crippen LogP contribution in [0.2, 0.25) is 0 Å². The Labute approximate surface area is 160 Å². The quantitative estimate of drug-likeness (QED) is 0.728. The average Bonchev–Trinajstić information content (AvgIpc) is 3.32. The van der Waals surface area contributed by atoms with Gasteiger partial charge in [-0.3, -0.25) is 4.21 Å². The van der Waals surface area contributed by atoms with Gasteiger partial charge in [-0.25, -0.2) is 0 Å². The number of H-pyrrole nitrogens is 1. The molecule has 138 valence electrons. The Kier molecular flexibility index (Phi) is 4.73. The molecule has 0 saturated carbocycles. The van der Waals surface area contributed by atoms with E-state index in [-0.39, 0.29) is 6.10 Å². The summed E-state index contributed by atoms with van der Waals surface area (Å²) < 4.78 is 12.3. The van der Waals surface area contributed by atoms with Crippen molar-refractivity contribution in [1.29, 1.82) is 5.26 Å². The lowest BCUT2D eigenvalue weighted by Gasteiger charge is -2.22. The summed E-state index contributed by atoms with van der Waals surface area (Å²) in [5.41, 5.74) is 4.43. The van der Waals surface area contributed by atoms with Crippen LogP contribution in [0, 0.1) is 11.3 Å². The van der Waals surface area contributed by atoms with Gasteiger partial charge in [-0.15, -0.1) is 0 Å². The van der Waals surface area contributed by atoms with E-state index in [1.165, 1.54) is 0 Å². The van der Waals surface area contributed by atoms with Gasteiger partial charge in [0.15, 0.2) is 0 Å². The molecule has 1 unspecified atom stereocenters. The number of nitrogens with one attached hydrogen (secondary N) is 1. The highest BCUT2D eigenvalue weighted by atomic mass is 32.2. The van der Waals surface area contributed by atoms with Crippen LogP contribution in [-0.4, -0.2) is 39.2 Å². The molecule has 6 heteroatoms. The first kappa shape index (κ1) is 17.8. The maximum atomic E-state index is 12.3. The van der Waals surface area contributed by atoms with Crippen molar-refractivity contribution < 1.29 is 9.32 Å². The molecule has 2 N–H and O–H groups in total. The molecule has 0 aliphatic carbocycles. The zero-order valence-corrected chi connectivity index (χ0v) is 15.9. The first-order valence-corrected chi connectivity index (χ1v) is 10.4. The Balaban J connectivity index is 1.86. The van der Waals surface area contributed by atoms with Gasteiger partial charge in [0, 0.05) is 51.6 Å². The molecule has 2 atom stereocenters. The summed E-state index contributed by atoms with van der Waals surface area (Å²) >= 11 is 0. The molecule has 0 bridgehead atoms. The van der Waals surface area contributed by atoms with Gasteiger partial charge in [0.05, 0.1) is 28.5 Å². The fourth-order valence-corrected chi connectivity index (χ4v) is 4.42. The second-order valence-electron chi connectivity index (χ2n) is 6.80. The topological polar surface area (TPSA) is 80.1 Å². The fourth-order valence-electron chi connectivity index (χ4n) is 3.62. The van der Waals surface area contributed by atoms with E-state index < -0.39 is 10.8 Å². The van der Waals surface area contributed by atoms with E-state index in [0.717, 1.165) is 45.7 Å². The Morgan fingerprint density at radius 1 is 1.30 bits per heavy atom. The number of benzene rings is 2. The Hall–Kier alpha value is -2.62. The van der Waals surface area contributed by atoms with Gasteiger partial charge in [0.1, 0.15) is 0 Å². The number of fused-ring (bicyclic) bond motifs is 1. The third kappa shape index (κ3) is 3.36. The number of aliphatic hydroxyl groups excluding tert-OH is 1. The lowest BCUT2D eigenvalue weighted by Crippen LogP contribution is -2.22. The van der Waals surface area contributed by atoms with Crippen LogP contribution in [-0.2, 0) is 10.8 Å². The number of nitrogens with zero attached hydrogens (tertiary/aromatic N) is 2. The molecule has 27 heavy (non-hydrogen) atoms. The van der Waals surface area contributed by atoms with E-state index >= 15 is 0 Å². The first-order valence-electron chi connectivity index (χ1n) is 9.07. The summed E-state index contributed by atoms with van der Waals surface area (Å²) in [6.45, 7) is 3.30. The summed E-state index contributed by atoms with van der Waals surface area (Å²) in [5.74, 6) is 0.569. The average molecular weight is 379 g/mol. The van der Waals surface area contributed by atoms with Crippen molar-refractivity contribution >= 4 is 27.4 Å². The number of β-amino-alcohol motifs (C(OH)–C–C–N with tert-alkyl or cyclic N) is 1. The van der Waals surface area contributed by atoms with E-state index in [4.69, 9.17) is 5.26 Å². The highest BCUT2D eigenvalue weighted by molar-refractivity contribution is 7.85. The maximum absolute atomic E-state index is 12.3. The summed E-state index contributed by atoms with van der Waals surface area (Å²) in [4.78, 5) is 6.38. The van der Waals surface area contributed by atoms with Crippen molar-refractivity contribution in [3.8, 4) is 17.3 Å². The molecule has 0 amide bonds. The summed E-state index contributed by atoms with van der Waals surface area (Å²) in [7, 11) is -1.04. The van der Waals surface area contributed by atoms with Gasteiger partial charge in [0.25, 0.3) is 0 Å². The smallest absolute Gasteiger partial charge is 0.0992 e. The SMILES string of the molecule is CC[S@@](=O)c1ccc(N2CCC(O)C2)c(-c2cc3ccc(C#N)cc3[nH]2)c1. The molecule has 1 aliphatic rings. The first-order chi connectivity index (χ1) is 13.1. The van der Waals surface area contributed by atoms with Crippen LogP contribution < -0.4 is 4.90 Å². The van der Waals surface area contributed by atoms with Crippen LogP contribution in [0.4, 0.5) is 5.69 Å². The molecule has 1 aliphatic heterocycles. The van der Waals surface area contributed by atoms with Crippen molar-refractivity contribution in [1.82, 2.24) is 4.98 Å². The van der Waals surface area contributed by atoms with E-state index in [1.807, 2.05) is 37.3 Å². The number of hydrogen-bond donors (Lipinski definition) is 2. The predicted molar refractivity (Wildman–Crippen MR) is 108 cm³/mol. The summed E-state index contributed by atoms with van der Waals surface area (Å²) in [5, 5.41) is 20.1. The monoisotopic (exact) mass is 379 g/mol. The van der Waals surface area contributed by atoms with Gasteiger partial charge in [-0.05, 0) is 42.8 Å². The molecule has 1 saturated heterocycles. The standard InChI is InChI=1S/C21H21N3O2S/c1-2-27(26)17-5-6-21(24-8-7-16(25)13-24)18(11-17)20-10-15-4-3-14(12-22)9-19(15)23-20/h3-6,9-11,16,23,25H,2,7-8,13H2,1H3/t16?,27-/m1/s1. The van der Waals surface area contributed by atoms with Crippen molar-refractivity contribution in [2.24, 2.45) is 0 Å². The van der Waals surface area contributed by atoms with Crippen LogP contribution >= 0.6 is 0 Å². The normalized spacial score (nSPS) is 18.0. The minimum Gasteiger partial charge on any atom is -0.391 e. The van der Waals surface area contributed by atoms with Gasteiger partial charge < -0.3 is 15.0 Å². The molecule has 1 fully saturated rings. The van der Waals surface area contributed by atoms with E-state index in [9.17, 15) is 9.32 Å². The van der Waals surface area contributed by atoms with Crippen molar-refractivity contribution in [3.05, 3.63) is 48.0 Å². The fraction of sp³-hybridized carbons (Fsp3) is 0.286. The molecule has 0 radical (unpaired) electrons. The van der Waals surface area contributed by atoms with Crippen molar-refractivity contribution in [2.75, 3.05) is 23.7 Å². The Morgan fingerprint density at radius 2 is 2.15 bits per heavy atom. The molecule has 0 spiro atoms. The Morgan fingerprint density at radius 3 is 2.85 bits per heavy atom. The molecule has 2 heterocycles. The molecule has 4 rings (SSSR count). The maximum Gasteiger partial charge on any atom is 0.0992 e. The number of aromatic nitrogens is 1. The van der Waals surface area contributed by atoms with Crippen LogP contribution in [0.25, 0.3) is 22.2 Å². The third-order valence-electron chi connectivity index (χ3n) is 5.04. The van der Waals surface area contributed by atoms with Crippen LogP contribution in [0.15, 0.2) is 47.4 Å². The van der Waals surface area contributed by atoms with Gasteiger partial charge in [-0.2, -0.15) is 5.26 Å². The second-order valence-corrected chi connectivity index (χ2v) is 8.54. The lowest BCUT2D eigenvalue weighted by molar-refractivity contribution is 0.198. The van der Waals surface area contributed by atoms with Gasteiger partial charge in [-0.1, -0.05) is 13.0 Å². The van der Waals surface area contributed by atoms with Crippen LogP contribution in [0.3, 0.4) is 0 Å². The highest BCUT2D eigenvalue weighted by Gasteiger charge is 2.24. The largest absolute Gasteiger partial charge is 0.391 e. The number of hydrogen-bond acceptors (Lipinski definition) is 4. The van der Waals surface area contributed by atoms with Crippen molar-refractivity contribution in [3.63, 3.8) is 0 Å². The molecule has 3 aromatic rings.